The van der Waals surface area contributed by atoms with E-state index in [9.17, 15) is 0 Å². The minimum Gasteiger partial charge on any atom is -0.494 e. The van der Waals surface area contributed by atoms with Crippen LogP contribution in [0.3, 0.4) is 0 Å². The van der Waals surface area contributed by atoms with Crippen LogP contribution in [-0.4, -0.2) is 13.7 Å². The molecule has 0 aliphatic rings. The van der Waals surface area contributed by atoms with Crippen molar-refractivity contribution in [1.29, 1.82) is 0 Å². The number of benzene rings is 1. The van der Waals surface area contributed by atoms with E-state index in [1.165, 1.54) is 0 Å². The Hall–Kier alpha value is -1.44. The summed E-state index contributed by atoms with van der Waals surface area (Å²) in [5, 5.41) is 3.09. The molecule has 0 atom stereocenters. The molecule has 0 radical (unpaired) electrons. The minimum absolute atomic E-state index is 0.779. The molecule has 0 saturated carbocycles. The van der Waals surface area contributed by atoms with Gasteiger partial charge in [0, 0.05) is 18.8 Å². The van der Waals surface area contributed by atoms with Crippen LogP contribution in [0.15, 0.2) is 36.4 Å². The van der Waals surface area contributed by atoms with Crippen molar-refractivity contribution in [3.05, 3.63) is 36.4 Å². The first kappa shape index (κ1) is 12.6. The molecule has 0 fully saturated rings. The summed E-state index contributed by atoms with van der Waals surface area (Å²) in [5.41, 5.74) is 1.09. The van der Waals surface area contributed by atoms with Crippen molar-refractivity contribution >= 4 is 5.69 Å². The summed E-state index contributed by atoms with van der Waals surface area (Å²) in [6.07, 6.45) is 7.69. The predicted molar refractivity (Wildman–Crippen MR) is 70.1 cm³/mol. The van der Waals surface area contributed by atoms with Crippen LogP contribution in [0, 0.1) is 0 Å². The molecular weight excluding hydrogens is 198 g/mol. The number of unbranched alkanes of at least 4 members (excludes halogenated alkanes) is 1. The Morgan fingerprint density at radius 1 is 1.31 bits per heavy atom. The van der Waals surface area contributed by atoms with Crippen LogP contribution in [0.1, 0.15) is 26.2 Å². The topological polar surface area (TPSA) is 21.3 Å². The van der Waals surface area contributed by atoms with E-state index in [0.717, 1.165) is 37.3 Å². The van der Waals surface area contributed by atoms with Crippen molar-refractivity contribution in [2.45, 2.75) is 26.2 Å². The molecule has 0 heterocycles. The highest BCUT2D eigenvalue weighted by atomic mass is 16.5. The van der Waals surface area contributed by atoms with E-state index in [2.05, 4.69) is 24.4 Å². The van der Waals surface area contributed by atoms with Gasteiger partial charge in [0.05, 0.1) is 6.61 Å². The van der Waals surface area contributed by atoms with Gasteiger partial charge in [-0.1, -0.05) is 25.1 Å². The van der Waals surface area contributed by atoms with E-state index >= 15 is 0 Å². The summed E-state index contributed by atoms with van der Waals surface area (Å²) in [7, 11) is 1.91. The van der Waals surface area contributed by atoms with Gasteiger partial charge in [-0.05, 0) is 31.4 Å². The van der Waals surface area contributed by atoms with Crippen LogP contribution < -0.4 is 10.1 Å². The third-order valence-electron chi connectivity index (χ3n) is 2.31. The standard InChI is InChI=1S/C14H21NO/c1-3-4-5-6-7-11-16-14-10-8-9-13(12-14)15-2/h4-5,8-10,12,15H,3,6-7,11H2,1-2H3/b5-4+. The molecule has 0 unspecified atom stereocenters. The smallest absolute Gasteiger partial charge is 0.121 e. The van der Waals surface area contributed by atoms with E-state index in [0.29, 0.717) is 0 Å². The van der Waals surface area contributed by atoms with Gasteiger partial charge in [-0.2, -0.15) is 0 Å². The molecule has 0 aliphatic heterocycles. The number of hydrogen-bond acceptors (Lipinski definition) is 2. The Bertz CT molecular complexity index is 320. The van der Waals surface area contributed by atoms with Crippen molar-refractivity contribution in [2.24, 2.45) is 0 Å². The van der Waals surface area contributed by atoms with Gasteiger partial charge in [-0.15, -0.1) is 0 Å². The van der Waals surface area contributed by atoms with Crippen molar-refractivity contribution in [3.8, 4) is 5.75 Å². The second kappa shape index (κ2) is 7.80. The van der Waals surface area contributed by atoms with Gasteiger partial charge in [-0.3, -0.25) is 0 Å². The zero-order chi connectivity index (χ0) is 11.6. The Kier molecular flexibility index (Phi) is 6.16. The second-order valence-corrected chi connectivity index (χ2v) is 3.65. The molecule has 1 aromatic rings. The third-order valence-corrected chi connectivity index (χ3v) is 2.31. The molecule has 0 aliphatic carbocycles. The summed E-state index contributed by atoms with van der Waals surface area (Å²) < 4.78 is 5.65. The fraction of sp³-hybridized carbons (Fsp3) is 0.429. The number of ether oxygens (including phenoxy) is 1. The fourth-order valence-corrected chi connectivity index (χ4v) is 1.42. The normalized spacial score (nSPS) is 10.6. The Balaban J connectivity index is 2.23. The second-order valence-electron chi connectivity index (χ2n) is 3.65. The number of hydrogen-bond donors (Lipinski definition) is 1. The van der Waals surface area contributed by atoms with Gasteiger partial charge in [0.15, 0.2) is 0 Å². The molecule has 1 aromatic carbocycles. The van der Waals surface area contributed by atoms with Crippen molar-refractivity contribution in [2.75, 3.05) is 19.0 Å². The van der Waals surface area contributed by atoms with E-state index in [-0.39, 0.29) is 0 Å². The molecule has 2 nitrogen and oxygen atoms in total. The Morgan fingerprint density at radius 3 is 2.94 bits per heavy atom. The zero-order valence-electron chi connectivity index (χ0n) is 10.2. The largest absolute Gasteiger partial charge is 0.494 e. The number of rotatable bonds is 7. The first-order valence-corrected chi connectivity index (χ1v) is 5.92. The minimum atomic E-state index is 0.779. The summed E-state index contributed by atoms with van der Waals surface area (Å²) in [5.74, 6) is 0.936. The molecule has 0 spiro atoms. The van der Waals surface area contributed by atoms with Crippen LogP contribution in [-0.2, 0) is 0 Å². The summed E-state index contributed by atoms with van der Waals surface area (Å²) in [6.45, 7) is 2.93. The highest BCUT2D eigenvalue weighted by Crippen LogP contribution is 2.16. The van der Waals surface area contributed by atoms with Gasteiger partial charge < -0.3 is 10.1 Å². The Morgan fingerprint density at radius 2 is 2.19 bits per heavy atom. The van der Waals surface area contributed by atoms with Gasteiger partial charge in [0.25, 0.3) is 0 Å². The highest BCUT2D eigenvalue weighted by molar-refractivity contribution is 5.47. The zero-order valence-corrected chi connectivity index (χ0v) is 10.2. The lowest BCUT2D eigenvalue weighted by molar-refractivity contribution is 0.312. The first-order valence-electron chi connectivity index (χ1n) is 5.92. The molecular formula is C14H21NO. The van der Waals surface area contributed by atoms with Crippen LogP contribution in [0.25, 0.3) is 0 Å². The molecule has 16 heavy (non-hydrogen) atoms. The van der Waals surface area contributed by atoms with Gasteiger partial charge in [-0.25, -0.2) is 0 Å². The molecule has 0 aromatic heterocycles. The quantitative estimate of drug-likeness (QED) is 0.555. The van der Waals surface area contributed by atoms with Crippen molar-refractivity contribution in [3.63, 3.8) is 0 Å². The van der Waals surface area contributed by atoms with Gasteiger partial charge >= 0.3 is 0 Å². The maximum absolute atomic E-state index is 5.65. The first-order chi connectivity index (χ1) is 7.86. The summed E-state index contributed by atoms with van der Waals surface area (Å²) >= 11 is 0. The molecule has 1 rings (SSSR count). The van der Waals surface area contributed by atoms with Crippen LogP contribution in [0.4, 0.5) is 5.69 Å². The SMILES string of the molecule is CC/C=C/CCCOc1cccc(NC)c1. The van der Waals surface area contributed by atoms with Gasteiger partial charge in [0.2, 0.25) is 0 Å². The molecule has 1 N–H and O–H groups in total. The number of anilines is 1. The predicted octanol–water partition coefficient (Wildman–Crippen LogP) is 3.85. The van der Waals surface area contributed by atoms with Crippen molar-refractivity contribution < 1.29 is 4.74 Å². The molecule has 2 heteroatoms. The van der Waals surface area contributed by atoms with E-state index < -0.39 is 0 Å². The number of allylic oxidation sites excluding steroid dienone is 2. The fourth-order valence-electron chi connectivity index (χ4n) is 1.42. The lowest BCUT2D eigenvalue weighted by Gasteiger charge is -2.06. The monoisotopic (exact) mass is 219 g/mol. The molecule has 88 valence electrons. The van der Waals surface area contributed by atoms with Crippen LogP contribution in [0.5, 0.6) is 5.75 Å². The lowest BCUT2D eigenvalue weighted by atomic mass is 10.3. The molecule has 0 amide bonds. The van der Waals surface area contributed by atoms with E-state index in [4.69, 9.17) is 4.74 Å². The highest BCUT2D eigenvalue weighted by Gasteiger charge is 1.94. The molecule has 0 bridgehead atoms. The summed E-state index contributed by atoms with van der Waals surface area (Å²) in [6, 6.07) is 8.03. The average molecular weight is 219 g/mol. The van der Waals surface area contributed by atoms with Crippen LogP contribution in [0.2, 0.25) is 0 Å². The van der Waals surface area contributed by atoms with Gasteiger partial charge in [0.1, 0.15) is 5.75 Å². The summed E-state index contributed by atoms with van der Waals surface area (Å²) in [4.78, 5) is 0. The van der Waals surface area contributed by atoms with E-state index in [1.54, 1.807) is 0 Å². The molecule has 0 saturated heterocycles. The van der Waals surface area contributed by atoms with Crippen molar-refractivity contribution in [1.82, 2.24) is 0 Å². The average Bonchev–Trinajstić information content (AvgIpc) is 2.34. The maximum Gasteiger partial charge on any atom is 0.121 e. The third kappa shape index (κ3) is 4.87. The lowest BCUT2D eigenvalue weighted by Crippen LogP contribution is -1.97. The maximum atomic E-state index is 5.65. The Labute approximate surface area is 98.3 Å². The number of nitrogens with one attached hydrogen (secondary N) is 1. The van der Waals surface area contributed by atoms with Crippen LogP contribution >= 0.6 is 0 Å². The van der Waals surface area contributed by atoms with E-state index in [1.807, 2.05) is 31.3 Å².